The standard InChI is InChI=1S/C19H36N4O6/c1-17(2,3)27-14(24)22(12-10-11-20)13(21)23(15(25)28-18(4,5)6)16(26)29-19(7,8)9/h21H,10-12,20H2,1-9H3. The molecule has 0 aromatic rings. The summed E-state index contributed by atoms with van der Waals surface area (Å²) in [7, 11) is 0. The summed E-state index contributed by atoms with van der Waals surface area (Å²) in [6.07, 6.45) is -2.86. The van der Waals surface area contributed by atoms with E-state index < -0.39 is 41.0 Å². The first-order chi connectivity index (χ1) is 12.9. The van der Waals surface area contributed by atoms with Crippen LogP contribution < -0.4 is 5.73 Å². The zero-order valence-corrected chi connectivity index (χ0v) is 19.0. The number of carbonyl (C=O) groups excluding carboxylic acids is 3. The van der Waals surface area contributed by atoms with Gasteiger partial charge in [0.25, 0.3) is 0 Å². The van der Waals surface area contributed by atoms with Crippen LogP contribution in [0.15, 0.2) is 0 Å². The third kappa shape index (κ3) is 10.7. The van der Waals surface area contributed by atoms with Crippen molar-refractivity contribution in [3.63, 3.8) is 0 Å². The van der Waals surface area contributed by atoms with Crippen LogP contribution in [0.3, 0.4) is 0 Å². The minimum Gasteiger partial charge on any atom is -0.443 e. The Bertz CT molecular complexity index is 586. The van der Waals surface area contributed by atoms with Crippen molar-refractivity contribution < 1.29 is 28.6 Å². The van der Waals surface area contributed by atoms with Crippen LogP contribution in [0.25, 0.3) is 0 Å². The lowest BCUT2D eigenvalue weighted by Crippen LogP contribution is -2.55. The molecule has 0 unspecified atom stereocenters. The van der Waals surface area contributed by atoms with Crippen LogP contribution in [0.4, 0.5) is 14.4 Å². The summed E-state index contributed by atoms with van der Waals surface area (Å²) in [5.41, 5.74) is 2.80. The maximum atomic E-state index is 12.7. The molecular formula is C19H36N4O6. The minimum absolute atomic E-state index is 0.0354. The Morgan fingerprint density at radius 2 is 1.10 bits per heavy atom. The number of guanidine groups is 1. The fourth-order valence-corrected chi connectivity index (χ4v) is 1.83. The molecule has 0 rings (SSSR count). The van der Waals surface area contributed by atoms with Gasteiger partial charge in [-0.05, 0) is 75.3 Å². The second-order valence-electron chi connectivity index (χ2n) is 9.39. The van der Waals surface area contributed by atoms with E-state index in [2.05, 4.69) is 0 Å². The van der Waals surface area contributed by atoms with E-state index >= 15 is 0 Å². The number of amides is 3. The molecule has 3 amide bonds. The first kappa shape index (κ1) is 26.6. The van der Waals surface area contributed by atoms with Crippen LogP contribution in [0.1, 0.15) is 68.7 Å². The predicted octanol–water partition coefficient (Wildman–Crippen LogP) is 3.68. The summed E-state index contributed by atoms with van der Waals surface area (Å²) in [5, 5.41) is 8.40. The molecule has 29 heavy (non-hydrogen) atoms. The van der Waals surface area contributed by atoms with E-state index in [1.165, 1.54) is 0 Å². The maximum absolute atomic E-state index is 12.7. The monoisotopic (exact) mass is 416 g/mol. The molecule has 0 saturated carbocycles. The van der Waals surface area contributed by atoms with Crippen LogP contribution in [0, 0.1) is 5.41 Å². The van der Waals surface area contributed by atoms with Crippen molar-refractivity contribution in [3.05, 3.63) is 0 Å². The molecule has 0 heterocycles. The lowest BCUT2D eigenvalue weighted by atomic mass is 10.2. The molecule has 0 aliphatic rings. The summed E-state index contributed by atoms with van der Waals surface area (Å²) < 4.78 is 15.8. The molecule has 10 heteroatoms. The maximum Gasteiger partial charge on any atom is 0.427 e. The Morgan fingerprint density at radius 3 is 1.41 bits per heavy atom. The first-order valence-corrected chi connectivity index (χ1v) is 9.43. The number of ether oxygens (including phenoxy) is 3. The fourth-order valence-electron chi connectivity index (χ4n) is 1.83. The lowest BCUT2D eigenvalue weighted by molar-refractivity contribution is 0.0105. The van der Waals surface area contributed by atoms with E-state index in [0.29, 0.717) is 11.3 Å². The van der Waals surface area contributed by atoms with Gasteiger partial charge in [0.1, 0.15) is 16.8 Å². The molecular weight excluding hydrogens is 380 g/mol. The highest BCUT2D eigenvalue weighted by atomic mass is 16.6. The Morgan fingerprint density at radius 1 is 0.759 bits per heavy atom. The van der Waals surface area contributed by atoms with Crippen LogP contribution in [-0.2, 0) is 14.2 Å². The number of hydrogen-bond donors (Lipinski definition) is 2. The van der Waals surface area contributed by atoms with Crippen molar-refractivity contribution in [2.24, 2.45) is 5.73 Å². The van der Waals surface area contributed by atoms with Crippen molar-refractivity contribution in [1.29, 1.82) is 5.41 Å². The topological polar surface area (TPSA) is 135 Å². The third-order valence-electron chi connectivity index (χ3n) is 2.82. The largest absolute Gasteiger partial charge is 0.443 e. The second-order valence-corrected chi connectivity index (χ2v) is 9.39. The number of nitrogens with two attached hydrogens (primary N) is 1. The predicted molar refractivity (Wildman–Crippen MR) is 109 cm³/mol. The molecule has 0 saturated heterocycles. The number of hydrogen-bond acceptors (Lipinski definition) is 8. The minimum atomic E-state index is -1.14. The third-order valence-corrected chi connectivity index (χ3v) is 2.82. The summed E-state index contributed by atoms with van der Waals surface area (Å²) >= 11 is 0. The molecule has 0 aromatic carbocycles. The lowest BCUT2D eigenvalue weighted by Gasteiger charge is -2.33. The first-order valence-electron chi connectivity index (χ1n) is 9.43. The number of rotatable bonds is 3. The fraction of sp³-hybridized carbons (Fsp3) is 0.789. The molecule has 0 atom stereocenters. The highest BCUT2D eigenvalue weighted by Crippen LogP contribution is 2.18. The number of nitrogens with one attached hydrogen (secondary N) is 1. The van der Waals surface area contributed by atoms with Gasteiger partial charge < -0.3 is 19.9 Å². The Kier molecular flexibility index (Phi) is 9.10. The number of nitrogens with zero attached hydrogens (tertiary/aromatic N) is 2. The SMILES string of the molecule is CC(C)(C)OC(=O)N(CCCN)C(=N)N(C(=O)OC(C)(C)C)C(=O)OC(C)(C)C. The van der Waals surface area contributed by atoms with Gasteiger partial charge >= 0.3 is 18.3 Å². The van der Waals surface area contributed by atoms with Gasteiger partial charge in [0, 0.05) is 6.54 Å². The highest BCUT2D eigenvalue weighted by molar-refractivity contribution is 6.10. The Labute approximate surface area is 173 Å². The van der Waals surface area contributed by atoms with Crippen LogP contribution in [0.2, 0.25) is 0 Å². The zero-order valence-electron chi connectivity index (χ0n) is 19.0. The van der Waals surface area contributed by atoms with E-state index in [1.54, 1.807) is 62.3 Å². The highest BCUT2D eigenvalue weighted by Gasteiger charge is 2.39. The van der Waals surface area contributed by atoms with Gasteiger partial charge in [-0.2, -0.15) is 0 Å². The van der Waals surface area contributed by atoms with Crippen molar-refractivity contribution in [3.8, 4) is 0 Å². The molecule has 0 aromatic heterocycles. The summed E-state index contributed by atoms with van der Waals surface area (Å²) in [6.45, 7) is 14.9. The van der Waals surface area contributed by atoms with Crippen molar-refractivity contribution in [1.82, 2.24) is 9.80 Å². The summed E-state index contributed by atoms with van der Waals surface area (Å²) in [5.74, 6) is -0.740. The van der Waals surface area contributed by atoms with Crippen LogP contribution in [-0.4, -0.2) is 63.9 Å². The smallest absolute Gasteiger partial charge is 0.427 e. The summed E-state index contributed by atoms with van der Waals surface area (Å²) in [4.78, 5) is 39.2. The summed E-state index contributed by atoms with van der Waals surface area (Å²) in [6, 6.07) is 0. The molecule has 0 aliphatic heterocycles. The van der Waals surface area contributed by atoms with E-state index in [-0.39, 0.29) is 13.1 Å². The van der Waals surface area contributed by atoms with Gasteiger partial charge in [-0.15, -0.1) is 4.90 Å². The van der Waals surface area contributed by atoms with Crippen molar-refractivity contribution in [2.75, 3.05) is 13.1 Å². The Hall–Kier alpha value is -2.36. The van der Waals surface area contributed by atoms with Gasteiger partial charge in [0.15, 0.2) is 0 Å². The second kappa shape index (κ2) is 9.91. The van der Waals surface area contributed by atoms with E-state index in [1.807, 2.05) is 0 Å². The van der Waals surface area contributed by atoms with Gasteiger partial charge in [-0.25, -0.2) is 19.3 Å². The molecule has 168 valence electrons. The van der Waals surface area contributed by atoms with Gasteiger partial charge in [-0.1, -0.05) is 0 Å². The van der Waals surface area contributed by atoms with Gasteiger partial charge in [0.05, 0.1) is 0 Å². The molecule has 0 bridgehead atoms. The molecule has 10 nitrogen and oxygen atoms in total. The molecule has 0 spiro atoms. The van der Waals surface area contributed by atoms with Crippen LogP contribution >= 0.6 is 0 Å². The van der Waals surface area contributed by atoms with E-state index in [0.717, 1.165) is 4.90 Å². The Balaban J connectivity index is 5.98. The van der Waals surface area contributed by atoms with Gasteiger partial charge in [0.2, 0.25) is 5.96 Å². The van der Waals surface area contributed by atoms with Gasteiger partial charge in [-0.3, -0.25) is 5.41 Å². The van der Waals surface area contributed by atoms with Crippen molar-refractivity contribution in [2.45, 2.75) is 85.5 Å². The molecule has 0 radical (unpaired) electrons. The average molecular weight is 417 g/mol. The van der Waals surface area contributed by atoms with Crippen molar-refractivity contribution >= 4 is 24.2 Å². The van der Waals surface area contributed by atoms with Crippen LogP contribution in [0.5, 0.6) is 0 Å². The van der Waals surface area contributed by atoms with E-state index in [4.69, 9.17) is 25.4 Å². The van der Waals surface area contributed by atoms with E-state index in [9.17, 15) is 14.4 Å². The normalized spacial score (nSPS) is 12.1. The quantitative estimate of drug-likeness (QED) is 0.407. The number of carbonyl (C=O) groups is 3. The molecule has 0 fully saturated rings. The zero-order chi connectivity index (χ0) is 23.2. The average Bonchev–Trinajstić information content (AvgIpc) is 2.41. The molecule has 0 aliphatic carbocycles. The molecule has 3 N–H and O–H groups in total. The number of imide groups is 1.